The predicted molar refractivity (Wildman–Crippen MR) is 134 cm³/mol. The number of carbonyl (C=O) groups is 1. The van der Waals surface area contributed by atoms with Crippen LogP contribution in [0, 0.1) is 5.82 Å². The Hall–Kier alpha value is -3.01. The molecule has 2 aromatic carbocycles. The lowest BCUT2D eigenvalue weighted by atomic mass is 10.2. The molecule has 1 fully saturated rings. The van der Waals surface area contributed by atoms with Crippen molar-refractivity contribution in [2.24, 2.45) is 0 Å². The van der Waals surface area contributed by atoms with Crippen LogP contribution >= 0.6 is 23.1 Å². The Labute approximate surface area is 206 Å². The van der Waals surface area contributed by atoms with Gasteiger partial charge >= 0.3 is 0 Å². The van der Waals surface area contributed by atoms with Crippen LogP contribution in [-0.4, -0.2) is 62.7 Å². The number of hydrogen-bond acceptors (Lipinski definition) is 6. The molecule has 0 bridgehead atoms. The highest BCUT2D eigenvalue weighted by Gasteiger charge is 2.26. The lowest BCUT2D eigenvalue weighted by Crippen LogP contribution is -2.48. The van der Waals surface area contributed by atoms with Crippen LogP contribution in [-0.2, 0) is 6.54 Å². The first-order valence-corrected chi connectivity index (χ1v) is 13.1. The number of rotatable bonds is 6. The van der Waals surface area contributed by atoms with Crippen molar-refractivity contribution in [1.29, 1.82) is 0 Å². The van der Waals surface area contributed by atoms with Crippen molar-refractivity contribution in [3.63, 3.8) is 0 Å². The maximum atomic E-state index is 13.4. The van der Waals surface area contributed by atoms with Gasteiger partial charge in [-0.3, -0.25) is 14.3 Å². The van der Waals surface area contributed by atoms with Gasteiger partial charge in [-0.05, 0) is 30.5 Å². The van der Waals surface area contributed by atoms with Gasteiger partial charge in [0.15, 0.2) is 5.16 Å². The third-order valence-electron chi connectivity index (χ3n) is 5.83. The second kappa shape index (κ2) is 10.1. The number of carbonyl (C=O) groups excluding carboxylic acids is 1. The molecule has 0 unspecified atom stereocenters. The molecule has 0 spiro atoms. The van der Waals surface area contributed by atoms with Gasteiger partial charge in [-0.1, -0.05) is 42.1 Å². The van der Waals surface area contributed by atoms with Crippen LogP contribution in [0.1, 0.15) is 16.2 Å². The largest absolute Gasteiger partial charge is 0.335 e. The number of piperazine rings is 1. The monoisotopic (exact) mass is 493 g/mol. The van der Waals surface area contributed by atoms with Crippen molar-refractivity contribution in [2.45, 2.75) is 11.7 Å². The van der Waals surface area contributed by atoms with E-state index < -0.39 is 0 Å². The first-order chi connectivity index (χ1) is 16.6. The third kappa shape index (κ3) is 4.77. The maximum Gasteiger partial charge on any atom is 0.272 e. The Kier molecular flexibility index (Phi) is 6.75. The van der Waals surface area contributed by atoms with Gasteiger partial charge in [-0.2, -0.15) is 0 Å². The first-order valence-electron chi connectivity index (χ1n) is 11.0. The number of halogens is 1. The van der Waals surface area contributed by atoms with Gasteiger partial charge in [0.2, 0.25) is 0 Å². The van der Waals surface area contributed by atoms with Gasteiger partial charge in [0, 0.05) is 49.4 Å². The van der Waals surface area contributed by atoms with Gasteiger partial charge in [0.05, 0.1) is 11.9 Å². The van der Waals surface area contributed by atoms with Crippen LogP contribution in [0.4, 0.5) is 4.39 Å². The van der Waals surface area contributed by atoms with Crippen molar-refractivity contribution < 1.29 is 9.18 Å². The SMILES string of the molecule is CSc1ncc(C(=O)N2CCN(Cc3csc(-c4ccccc4)n3)CC2)n1-c1ccc(F)cc1. The number of aromatic nitrogens is 3. The Morgan fingerprint density at radius 3 is 2.50 bits per heavy atom. The molecule has 0 aliphatic carbocycles. The van der Waals surface area contributed by atoms with E-state index in [9.17, 15) is 9.18 Å². The summed E-state index contributed by atoms with van der Waals surface area (Å²) in [5.74, 6) is -0.369. The molecule has 5 rings (SSSR count). The summed E-state index contributed by atoms with van der Waals surface area (Å²) in [7, 11) is 0. The van der Waals surface area contributed by atoms with E-state index in [1.807, 2.05) is 29.4 Å². The van der Waals surface area contributed by atoms with E-state index in [-0.39, 0.29) is 11.7 Å². The predicted octanol–water partition coefficient (Wildman–Crippen LogP) is 4.81. The molecule has 34 heavy (non-hydrogen) atoms. The number of benzene rings is 2. The van der Waals surface area contributed by atoms with Crippen molar-refractivity contribution in [2.75, 3.05) is 32.4 Å². The quantitative estimate of drug-likeness (QED) is 0.361. The second-order valence-electron chi connectivity index (χ2n) is 8.02. The fraction of sp³-hybridized carbons (Fsp3) is 0.240. The van der Waals surface area contributed by atoms with Crippen LogP contribution in [0.3, 0.4) is 0 Å². The van der Waals surface area contributed by atoms with Gasteiger partial charge in [0.1, 0.15) is 16.5 Å². The molecule has 0 saturated carbocycles. The van der Waals surface area contributed by atoms with E-state index in [2.05, 4.69) is 27.4 Å². The summed E-state index contributed by atoms with van der Waals surface area (Å²) in [5, 5.41) is 3.85. The smallest absolute Gasteiger partial charge is 0.272 e. The zero-order chi connectivity index (χ0) is 23.5. The van der Waals surface area contributed by atoms with Crippen molar-refractivity contribution in [3.8, 4) is 16.3 Å². The Bertz CT molecular complexity index is 1260. The maximum absolute atomic E-state index is 13.4. The summed E-state index contributed by atoms with van der Waals surface area (Å²) in [5.41, 5.74) is 3.42. The minimum Gasteiger partial charge on any atom is -0.335 e. The number of thioether (sulfide) groups is 1. The molecule has 1 aliphatic heterocycles. The van der Waals surface area contributed by atoms with Crippen LogP contribution < -0.4 is 0 Å². The molecule has 3 heterocycles. The van der Waals surface area contributed by atoms with Crippen LogP contribution in [0.25, 0.3) is 16.3 Å². The Morgan fingerprint density at radius 1 is 1.06 bits per heavy atom. The average molecular weight is 494 g/mol. The van der Waals surface area contributed by atoms with Crippen LogP contribution in [0.2, 0.25) is 0 Å². The molecule has 4 aromatic rings. The van der Waals surface area contributed by atoms with Crippen LogP contribution in [0.5, 0.6) is 0 Å². The standard InChI is InChI=1S/C25H24FN5OS2/c1-33-25-27-15-22(31(25)21-9-7-19(26)8-10-21)24(32)30-13-11-29(12-14-30)16-20-17-34-23(28-20)18-5-3-2-4-6-18/h2-10,15,17H,11-14,16H2,1H3. The number of amides is 1. The summed E-state index contributed by atoms with van der Waals surface area (Å²) < 4.78 is 15.2. The highest BCUT2D eigenvalue weighted by Crippen LogP contribution is 2.25. The van der Waals surface area contributed by atoms with Crippen molar-refractivity contribution in [3.05, 3.63) is 83.4 Å². The van der Waals surface area contributed by atoms with Gasteiger partial charge in [0.25, 0.3) is 5.91 Å². The number of thiazole rings is 1. The molecule has 0 N–H and O–H groups in total. The first kappa shape index (κ1) is 22.8. The number of hydrogen-bond donors (Lipinski definition) is 0. The molecule has 1 amide bonds. The number of nitrogens with zero attached hydrogens (tertiary/aromatic N) is 5. The lowest BCUT2D eigenvalue weighted by Gasteiger charge is -2.34. The average Bonchev–Trinajstić information content (AvgIpc) is 3.52. The van der Waals surface area contributed by atoms with E-state index >= 15 is 0 Å². The van der Waals surface area contributed by atoms with E-state index in [1.165, 1.54) is 23.9 Å². The minimum absolute atomic E-state index is 0.0585. The Balaban J connectivity index is 1.24. The van der Waals surface area contributed by atoms with Gasteiger partial charge in [-0.15, -0.1) is 11.3 Å². The zero-order valence-corrected chi connectivity index (χ0v) is 20.4. The molecule has 1 aliphatic rings. The molecule has 0 radical (unpaired) electrons. The Morgan fingerprint density at radius 2 is 1.79 bits per heavy atom. The normalized spacial score (nSPS) is 14.5. The van der Waals surface area contributed by atoms with Crippen molar-refractivity contribution >= 4 is 29.0 Å². The summed E-state index contributed by atoms with van der Waals surface area (Å²) in [6, 6.07) is 16.3. The fourth-order valence-corrected chi connectivity index (χ4v) is 5.42. The number of imidazole rings is 1. The highest BCUT2D eigenvalue weighted by molar-refractivity contribution is 7.98. The van der Waals surface area contributed by atoms with E-state index in [1.54, 1.807) is 34.2 Å². The highest BCUT2D eigenvalue weighted by atomic mass is 32.2. The van der Waals surface area contributed by atoms with Crippen molar-refractivity contribution in [1.82, 2.24) is 24.3 Å². The van der Waals surface area contributed by atoms with Gasteiger partial charge < -0.3 is 4.90 Å². The van der Waals surface area contributed by atoms with Crippen LogP contribution in [0.15, 0.2) is 71.3 Å². The summed E-state index contributed by atoms with van der Waals surface area (Å²) in [4.78, 5) is 26.8. The molecule has 1 saturated heterocycles. The summed E-state index contributed by atoms with van der Waals surface area (Å²) in [6.45, 7) is 3.61. The molecule has 174 valence electrons. The molecular formula is C25H24FN5OS2. The van der Waals surface area contributed by atoms with E-state index in [4.69, 9.17) is 4.98 Å². The summed E-state index contributed by atoms with van der Waals surface area (Å²) >= 11 is 3.12. The molecule has 9 heteroatoms. The minimum atomic E-state index is -0.311. The third-order valence-corrected chi connectivity index (χ3v) is 7.43. The van der Waals surface area contributed by atoms with Gasteiger partial charge in [-0.25, -0.2) is 14.4 Å². The molecule has 2 aromatic heterocycles. The molecule has 0 atom stereocenters. The fourth-order valence-electron chi connectivity index (χ4n) is 4.06. The molecular weight excluding hydrogens is 469 g/mol. The summed E-state index contributed by atoms with van der Waals surface area (Å²) in [6.07, 6.45) is 3.53. The molecule has 6 nitrogen and oxygen atoms in total. The second-order valence-corrected chi connectivity index (χ2v) is 9.65. The van der Waals surface area contributed by atoms with E-state index in [0.717, 1.165) is 41.6 Å². The van der Waals surface area contributed by atoms with E-state index in [0.29, 0.717) is 23.9 Å². The topological polar surface area (TPSA) is 54.3 Å². The zero-order valence-electron chi connectivity index (χ0n) is 18.7. The lowest BCUT2D eigenvalue weighted by molar-refractivity contribution is 0.0619.